The molecule has 9 heteroatoms. The fourth-order valence-electron chi connectivity index (χ4n) is 6.36. The third kappa shape index (κ3) is 4.70. The molecule has 0 saturated carbocycles. The van der Waals surface area contributed by atoms with Crippen molar-refractivity contribution in [3.8, 4) is 0 Å². The van der Waals surface area contributed by atoms with E-state index in [0.717, 1.165) is 50.4 Å². The maximum absolute atomic E-state index is 13.4. The number of nitrogens with one attached hydrogen (secondary N) is 1. The van der Waals surface area contributed by atoms with Crippen molar-refractivity contribution in [2.24, 2.45) is 11.8 Å². The van der Waals surface area contributed by atoms with Gasteiger partial charge in [0, 0.05) is 50.0 Å². The predicted octanol–water partition coefficient (Wildman–Crippen LogP) is 3.09. The first-order chi connectivity index (χ1) is 18.4. The molecule has 6 rings (SSSR count). The van der Waals surface area contributed by atoms with E-state index in [1.165, 1.54) is 12.1 Å². The number of likely N-dealkylation sites (tertiary alicyclic amines) is 1. The number of rotatable bonds is 8. The van der Waals surface area contributed by atoms with Crippen LogP contribution < -0.4 is 10.2 Å². The normalized spacial score (nSPS) is 28.3. The number of hydrogen-bond acceptors (Lipinski definition) is 5. The topological polar surface area (TPSA) is 65.1 Å². The number of amides is 2. The van der Waals surface area contributed by atoms with E-state index < -0.39 is 17.4 Å². The molecule has 2 aromatic carbocycles. The number of benzene rings is 2. The fourth-order valence-corrected chi connectivity index (χ4v) is 6.55. The largest absolute Gasteiger partial charge is 0.369 e. The van der Waals surface area contributed by atoms with E-state index in [0.29, 0.717) is 24.7 Å². The molecule has 4 aliphatic heterocycles. The lowest BCUT2D eigenvalue weighted by Crippen LogP contribution is -2.47. The van der Waals surface area contributed by atoms with Crippen molar-refractivity contribution in [2.75, 3.05) is 50.7 Å². The molecule has 4 heterocycles. The molecule has 3 saturated heterocycles. The van der Waals surface area contributed by atoms with Crippen LogP contribution in [0.4, 0.5) is 10.1 Å². The highest BCUT2D eigenvalue weighted by Gasteiger charge is 2.66. The maximum atomic E-state index is 13.4. The Morgan fingerprint density at radius 3 is 2.63 bits per heavy atom. The van der Waals surface area contributed by atoms with Crippen molar-refractivity contribution in [3.05, 3.63) is 77.1 Å². The Balaban J connectivity index is 0.987. The van der Waals surface area contributed by atoms with Gasteiger partial charge in [0.25, 0.3) is 0 Å². The van der Waals surface area contributed by atoms with Gasteiger partial charge in [0.05, 0.1) is 24.5 Å². The van der Waals surface area contributed by atoms with Gasteiger partial charge in [-0.2, -0.15) is 0 Å². The van der Waals surface area contributed by atoms with Gasteiger partial charge in [0.15, 0.2) is 0 Å². The molecule has 200 valence electrons. The zero-order chi connectivity index (χ0) is 26.3. The lowest BCUT2D eigenvalue weighted by molar-refractivity contribution is -0.137. The van der Waals surface area contributed by atoms with Crippen molar-refractivity contribution in [1.82, 2.24) is 15.1 Å². The average molecular weight is 539 g/mol. The number of piperazine rings is 1. The summed E-state index contributed by atoms with van der Waals surface area (Å²) in [5.41, 5.74) is 1.21. The second kappa shape index (κ2) is 10.3. The molecule has 2 aromatic rings. The van der Waals surface area contributed by atoms with Crippen LogP contribution in [0, 0.1) is 17.7 Å². The van der Waals surface area contributed by atoms with Crippen molar-refractivity contribution in [2.45, 2.75) is 24.7 Å². The van der Waals surface area contributed by atoms with Gasteiger partial charge in [-0.15, -0.1) is 0 Å². The summed E-state index contributed by atoms with van der Waals surface area (Å²) >= 11 is 6.33. The van der Waals surface area contributed by atoms with Crippen LogP contribution in [-0.2, 0) is 20.9 Å². The van der Waals surface area contributed by atoms with E-state index in [4.69, 9.17) is 16.3 Å². The average Bonchev–Trinajstić information content (AvgIpc) is 3.57. The van der Waals surface area contributed by atoms with Crippen LogP contribution in [0.5, 0.6) is 0 Å². The molecule has 1 spiro atoms. The van der Waals surface area contributed by atoms with Crippen molar-refractivity contribution >= 4 is 29.1 Å². The second-order valence-electron chi connectivity index (χ2n) is 10.6. The predicted molar refractivity (Wildman–Crippen MR) is 143 cm³/mol. The third-order valence-corrected chi connectivity index (χ3v) is 8.68. The molecule has 2 bridgehead atoms. The Morgan fingerprint density at radius 2 is 1.87 bits per heavy atom. The summed E-state index contributed by atoms with van der Waals surface area (Å²) in [5, 5.41) is 3.70. The minimum absolute atomic E-state index is 0.0454. The number of nitrogens with zero attached hydrogens (tertiary/aromatic N) is 3. The summed E-state index contributed by atoms with van der Waals surface area (Å²) in [6.07, 6.45) is 4.39. The number of fused-ring (bicyclic) bond motifs is 1. The molecule has 38 heavy (non-hydrogen) atoms. The van der Waals surface area contributed by atoms with Crippen LogP contribution in [0.15, 0.2) is 60.7 Å². The van der Waals surface area contributed by atoms with Gasteiger partial charge >= 0.3 is 0 Å². The molecule has 1 N–H and O–H groups in total. The summed E-state index contributed by atoms with van der Waals surface area (Å²) in [7, 11) is 0. The van der Waals surface area contributed by atoms with Gasteiger partial charge in [0.1, 0.15) is 11.4 Å². The first-order valence-electron chi connectivity index (χ1n) is 13.3. The minimum Gasteiger partial charge on any atom is -0.369 e. The number of anilines is 1. The van der Waals surface area contributed by atoms with E-state index >= 15 is 0 Å². The number of ether oxygens (including phenoxy) is 1. The maximum Gasteiger partial charge on any atom is 0.230 e. The van der Waals surface area contributed by atoms with Crippen molar-refractivity contribution in [1.29, 1.82) is 0 Å². The van der Waals surface area contributed by atoms with Crippen LogP contribution in [0.1, 0.15) is 12.0 Å². The van der Waals surface area contributed by atoms with E-state index in [1.54, 1.807) is 4.90 Å². The lowest BCUT2D eigenvalue weighted by Gasteiger charge is -2.36. The molecule has 0 aromatic heterocycles. The number of carbonyl (C=O) groups is 2. The van der Waals surface area contributed by atoms with Crippen LogP contribution in [0.25, 0.3) is 0 Å². The Labute approximate surface area is 227 Å². The highest BCUT2D eigenvalue weighted by Crippen LogP contribution is 2.52. The summed E-state index contributed by atoms with van der Waals surface area (Å²) in [5.74, 6) is -1.39. The van der Waals surface area contributed by atoms with Crippen LogP contribution in [0.3, 0.4) is 0 Å². The highest BCUT2D eigenvalue weighted by atomic mass is 35.5. The SMILES string of the molecule is O=C(NCCCN1CCN(c2ccc(F)cc2)CC1)C1[C@H]2C=CC3(CN(Cc4ccccc4Cl)C(=O)[C@@H]13)O2. The summed E-state index contributed by atoms with van der Waals surface area (Å²) in [4.78, 5) is 33.1. The van der Waals surface area contributed by atoms with Crippen molar-refractivity contribution in [3.63, 3.8) is 0 Å². The lowest BCUT2D eigenvalue weighted by atomic mass is 9.77. The number of carbonyl (C=O) groups excluding carboxylic acids is 2. The fraction of sp³-hybridized carbons (Fsp3) is 0.448. The van der Waals surface area contributed by atoms with Gasteiger partial charge in [-0.1, -0.05) is 42.0 Å². The Morgan fingerprint density at radius 1 is 1.11 bits per heavy atom. The Kier molecular flexibility index (Phi) is 6.88. The van der Waals surface area contributed by atoms with E-state index in [2.05, 4.69) is 15.1 Å². The summed E-state index contributed by atoms with van der Waals surface area (Å²) in [6.45, 7) is 5.92. The van der Waals surface area contributed by atoms with E-state index in [-0.39, 0.29) is 23.7 Å². The molecule has 7 nitrogen and oxygen atoms in total. The van der Waals surface area contributed by atoms with Crippen LogP contribution >= 0.6 is 11.6 Å². The zero-order valence-corrected chi connectivity index (χ0v) is 21.9. The standard InChI is InChI=1S/C29H32ClFN4O3/c30-23-5-2-1-4-20(23)18-35-19-29-11-10-24(38-29)25(26(29)28(35)37)27(36)32-12-3-13-33-14-16-34(17-15-33)22-8-6-21(31)7-9-22/h1-2,4-11,24-26H,3,12-19H2,(H,32,36)/t24-,25?,26-,29?/m1/s1. The van der Waals surface area contributed by atoms with Crippen LogP contribution in [0.2, 0.25) is 5.02 Å². The van der Waals surface area contributed by atoms with Crippen LogP contribution in [-0.4, -0.2) is 79.1 Å². The van der Waals surface area contributed by atoms with E-state index in [9.17, 15) is 14.0 Å². The minimum atomic E-state index is -0.727. The number of hydrogen-bond donors (Lipinski definition) is 1. The summed E-state index contributed by atoms with van der Waals surface area (Å²) in [6, 6.07) is 14.2. The second-order valence-corrected chi connectivity index (χ2v) is 11.0. The molecule has 2 amide bonds. The van der Waals surface area contributed by atoms with Crippen molar-refractivity contribution < 1.29 is 18.7 Å². The molecule has 0 aliphatic carbocycles. The molecular weight excluding hydrogens is 507 g/mol. The van der Waals surface area contributed by atoms with E-state index in [1.807, 2.05) is 48.6 Å². The quantitative estimate of drug-likeness (QED) is 0.413. The molecular formula is C29H32ClFN4O3. The third-order valence-electron chi connectivity index (χ3n) is 8.31. The molecule has 4 aliphatic rings. The Bertz CT molecular complexity index is 1230. The molecule has 2 unspecified atom stereocenters. The molecule has 4 atom stereocenters. The molecule has 3 fully saturated rings. The van der Waals surface area contributed by atoms with Gasteiger partial charge in [-0.3, -0.25) is 14.5 Å². The number of halogens is 2. The molecule has 0 radical (unpaired) electrons. The first kappa shape index (κ1) is 25.3. The monoisotopic (exact) mass is 538 g/mol. The van der Waals surface area contributed by atoms with Gasteiger partial charge in [0.2, 0.25) is 11.8 Å². The highest BCUT2D eigenvalue weighted by molar-refractivity contribution is 6.31. The summed E-state index contributed by atoms with van der Waals surface area (Å²) < 4.78 is 19.4. The van der Waals surface area contributed by atoms with Gasteiger partial charge in [-0.05, 0) is 48.9 Å². The first-order valence-corrected chi connectivity index (χ1v) is 13.7. The smallest absolute Gasteiger partial charge is 0.230 e. The van der Waals surface area contributed by atoms with Gasteiger partial charge < -0.3 is 19.9 Å². The Hall–Kier alpha value is -2.94. The van der Waals surface area contributed by atoms with Gasteiger partial charge in [-0.25, -0.2) is 4.39 Å². The zero-order valence-electron chi connectivity index (χ0n) is 21.2.